The Labute approximate surface area is 134 Å². The van der Waals surface area contributed by atoms with Crippen molar-refractivity contribution < 1.29 is 14.3 Å². The number of nitrogens with one attached hydrogen (secondary N) is 1. The number of amides is 1. The van der Waals surface area contributed by atoms with Crippen molar-refractivity contribution in [3.63, 3.8) is 0 Å². The second kappa shape index (κ2) is 7.61. The number of halogens is 1. The smallest absolute Gasteiger partial charge is 0.258 e. The van der Waals surface area contributed by atoms with Crippen molar-refractivity contribution in [3.8, 4) is 5.75 Å². The molecule has 2 aromatic rings. The summed E-state index contributed by atoms with van der Waals surface area (Å²) in [6, 6.07) is 14.1. The highest BCUT2D eigenvalue weighted by Crippen LogP contribution is 2.18. The molecule has 2 aromatic carbocycles. The fraction of sp³-hybridized carbons (Fsp3) is 0.176. The van der Waals surface area contributed by atoms with E-state index in [1.54, 1.807) is 36.4 Å². The number of para-hydroxylation sites is 1. The van der Waals surface area contributed by atoms with Crippen LogP contribution in [-0.4, -0.2) is 18.3 Å². The van der Waals surface area contributed by atoms with Crippen molar-refractivity contribution in [2.45, 2.75) is 13.5 Å². The fourth-order valence-corrected chi connectivity index (χ4v) is 2.01. The molecule has 0 radical (unpaired) electrons. The Morgan fingerprint density at radius 2 is 1.77 bits per heavy atom. The number of benzene rings is 2. The van der Waals surface area contributed by atoms with Crippen LogP contribution in [0, 0.1) is 0 Å². The van der Waals surface area contributed by atoms with Crippen LogP contribution in [0.5, 0.6) is 5.75 Å². The van der Waals surface area contributed by atoms with Crippen LogP contribution >= 0.6 is 11.6 Å². The van der Waals surface area contributed by atoms with Gasteiger partial charge < -0.3 is 10.1 Å². The van der Waals surface area contributed by atoms with E-state index >= 15 is 0 Å². The third kappa shape index (κ3) is 4.60. The van der Waals surface area contributed by atoms with Crippen molar-refractivity contribution in [2.24, 2.45) is 0 Å². The number of Topliss-reactive ketones (excluding diaryl/α,β-unsaturated/α-hetero) is 1. The lowest BCUT2D eigenvalue weighted by atomic mass is 10.1. The molecule has 0 aliphatic rings. The number of hydrogen-bond donors (Lipinski definition) is 1. The molecule has 0 saturated heterocycles. The average Bonchev–Trinajstić information content (AvgIpc) is 2.52. The molecule has 0 heterocycles. The second-order valence-electron chi connectivity index (χ2n) is 4.74. The van der Waals surface area contributed by atoms with E-state index in [1.807, 2.05) is 12.1 Å². The first-order chi connectivity index (χ1) is 10.6. The van der Waals surface area contributed by atoms with Crippen molar-refractivity contribution in [2.75, 3.05) is 6.61 Å². The van der Waals surface area contributed by atoms with E-state index in [0.29, 0.717) is 22.9 Å². The van der Waals surface area contributed by atoms with Crippen LogP contribution in [0.25, 0.3) is 0 Å². The zero-order chi connectivity index (χ0) is 15.9. The molecule has 0 aromatic heterocycles. The molecule has 114 valence electrons. The predicted octanol–water partition coefficient (Wildman–Crippen LogP) is 3.24. The summed E-state index contributed by atoms with van der Waals surface area (Å²) >= 11 is 5.80. The van der Waals surface area contributed by atoms with Gasteiger partial charge in [-0.25, -0.2) is 0 Å². The van der Waals surface area contributed by atoms with Crippen LogP contribution in [0.15, 0.2) is 48.5 Å². The number of hydrogen-bond acceptors (Lipinski definition) is 3. The monoisotopic (exact) mass is 317 g/mol. The number of carbonyl (C=O) groups is 2. The van der Waals surface area contributed by atoms with Gasteiger partial charge in [-0.05, 0) is 36.8 Å². The molecule has 0 aliphatic carbocycles. The number of ketones is 1. The zero-order valence-corrected chi connectivity index (χ0v) is 12.9. The molecule has 0 bridgehead atoms. The first-order valence-corrected chi connectivity index (χ1v) is 7.18. The highest BCUT2D eigenvalue weighted by Gasteiger charge is 2.09. The van der Waals surface area contributed by atoms with Gasteiger partial charge in [-0.3, -0.25) is 9.59 Å². The minimum Gasteiger partial charge on any atom is -0.483 e. The van der Waals surface area contributed by atoms with Gasteiger partial charge in [0, 0.05) is 11.6 Å². The number of rotatable bonds is 6. The van der Waals surface area contributed by atoms with Crippen molar-refractivity contribution in [3.05, 3.63) is 64.7 Å². The van der Waals surface area contributed by atoms with E-state index in [4.69, 9.17) is 16.3 Å². The maximum atomic E-state index is 11.8. The summed E-state index contributed by atoms with van der Waals surface area (Å²) in [5, 5.41) is 3.40. The molecule has 1 N–H and O–H groups in total. The van der Waals surface area contributed by atoms with Gasteiger partial charge in [0.1, 0.15) is 5.75 Å². The lowest BCUT2D eigenvalue weighted by Gasteiger charge is -2.10. The van der Waals surface area contributed by atoms with Crippen molar-refractivity contribution in [1.82, 2.24) is 5.32 Å². The SMILES string of the molecule is CC(=O)c1ccccc1OCC(=O)NCc1ccc(Cl)cc1. The van der Waals surface area contributed by atoms with Crippen molar-refractivity contribution >= 4 is 23.3 Å². The van der Waals surface area contributed by atoms with Crippen LogP contribution in [0.4, 0.5) is 0 Å². The third-order valence-electron chi connectivity index (χ3n) is 3.03. The van der Waals surface area contributed by atoms with Crippen LogP contribution in [0.3, 0.4) is 0 Å². The molecule has 1 amide bonds. The quantitative estimate of drug-likeness (QED) is 0.832. The Balaban J connectivity index is 1.85. The number of ether oxygens (including phenoxy) is 1. The maximum Gasteiger partial charge on any atom is 0.258 e. The number of carbonyl (C=O) groups excluding carboxylic acids is 2. The average molecular weight is 318 g/mol. The van der Waals surface area contributed by atoms with Gasteiger partial charge in [0.05, 0.1) is 5.56 Å². The Bertz CT molecular complexity index is 668. The van der Waals surface area contributed by atoms with Gasteiger partial charge >= 0.3 is 0 Å². The standard InChI is InChI=1S/C17H16ClNO3/c1-12(20)15-4-2-3-5-16(15)22-11-17(21)19-10-13-6-8-14(18)9-7-13/h2-9H,10-11H2,1H3,(H,19,21). The Morgan fingerprint density at radius 1 is 1.09 bits per heavy atom. The molecule has 22 heavy (non-hydrogen) atoms. The van der Waals surface area contributed by atoms with Crippen LogP contribution in [0.1, 0.15) is 22.8 Å². The summed E-state index contributed by atoms with van der Waals surface area (Å²) in [7, 11) is 0. The summed E-state index contributed by atoms with van der Waals surface area (Å²) in [5.41, 5.74) is 1.41. The second-order valence-corrected chi connectivity index (χ2v) is 5.18. The van der Waals surface area contributed by atoms with Crippen LogP contribution < -0.4 is 10.1 Å². The predicted molar refractivity (Wildman–Crippen MR) is 85.2 cm³/mol. The van der Waals surface area contributed by atoms with Gasteiger partial charge in [-0.2, -0.15) is 0 Å². The summed E-state index contributed by atoms with van der Waals surface area (Å²) in [5.74, 6) is 0.0575. The highest BCUT2D eigenvalue weighted by atomic mass is 35.5. The lowest BCUT2D eigenvalue weighted by molar-refractivity contribution is -0.123. The molecule has 2 rings (SSSR count). The first-order valence-electron chi connectivity index (χ1n) is 6.80. The van der Waals surface area contributed by atoms with Crippen molar-refractivity contribution in [1.29, 1.82) is 0 Å². The van der Waals surface area contributed by atoms with Gasteiger partial charge in [0.25, 0.3) is 5.91 Å². The Hall–Kier alpha value is -2.33. The van der Waals surface area contributed by atoms with E-state index in [2.05, 4.69) is 5.32 Å². The first kappa shape index (κ1) is 16.0. The van der Waals surface area contributed by atoms with E-state index in [-0.39, 0.29) is 18.3 Å². The molecule has 0 aliphatic heterocycles. The maximum absolute atomic E-state index is 11.8. The minimum absolute atomic E-state index is 0.0998. The largest absolute Gasteiger partial charge is 0.483 e. The molecule has 4 nitrogen and oxygen atoms in total. The van der Waals surface area contributed by atoms with E-state index in [9.17, 15) is 9.59 Å². The molecule has 0 atom stereocenters. The molecular formula is C17H16ClNO3. The Morgan fingerprint density at radius 3 is 2.45 bits per heavy atom. The molecular weight excluding hydrogens is 302 g/mol. The molecule has 0 saturated carbocycles. The zero-order valence-electron chi connectivity index (χ0n) is 12.1. The lowest BCUT2D eigenvalue weighted by Crippen LogP contribution is -2.28. The minimum atomic E-state index is -0.256. The van der Waals surface area contributed by atoms with Crippen LogP contribution in [-0.2, 0) is 11.3 Å². The van der Waals surface area contributed by atoms with Gasteiger partial charge in [0.15, 0.2) is 12.4 Å². The normalized spacial score (nSPS) is 10.1. The Kier molecular flexibility index (Phi) is 5.55. The van der Waals surface area contributed by atoms with Gasteiger partial charge in [-0.15, -0.1) is 0 Å². The third-order valence-corrected chi connectivity index (χ3v) is 3.28. The fourth-order valence-electron chi connectivity index (χ4n) is 1.88. The van der Waals surface area contributed by atoms with E-state index in [0.717, 1.165) is 5.56 Å². The van der Waals surface area contributed by atoms with Crippen LogP contribution in [0.2, 0.25) is 5.02 Å². The topological polar surface area (TPSA) is 55.4 Å². The van der Waals surface area contributed by atoms with Gasteiger partial charge in [-0.1, -0.05) is 35.9 Å². The summed E-state index contributed by atoms with van der Waals surface area (Å²) < 4.78 is 5.41. The van der Waals surface area contributed by atoms with Gasteiger partial charge in [0.2, 0.25) is 0 Å². The van der Waals surface area contributed by atoms with E-state index < -0.39 is 0 Å². The summed E-state index contributed by atoms with van der Waals surface area (Å²) in [4.78, 5) is 23.2. The highest BCUT2D eigenvalue weighted by molar-refractivity contribution is 6.30. The molecule has 0 unspecified atom stereocenters. The molecule has 0 spiro atoms. The summed E-state index contributed by atoms with van der Waals surface area (Å²) in [6.45, 7) is 1.72. The summed E-state index contributed by atoms with van der Waals surface area (Å²) in [6.07, 6.45) is 0. The van der Waals surface area contributed by atoms with E-state index in [1.165, 1.54) is 6.92 Å². The molecule has 5 heteroatoms. The molecule has 0 fully saturated rings.